The average molecular weight is 352 g/mol. The maximum atomic E-state index is 11.9. The van der Waals surface area contributed by atoms with Crippen molar-refractivity contribution in [1.82, 2.24) is 10.2 Å². The predicted molar refractivity (Wildman–Crippen MR) is 78.3 cm³/mol. The molecule has 92 valence electrons. The molecule has 4 heteroatoms. The molecular formula is C14H13IN2O. The molecule has 0 spiro atoms. The van der Waals surface area contributed by atoms with E-state index in [-0.39, 0.29) is 5.78 Å². The summed E-state index contributed by atoms with van der Waals surface area (Å²) in [6.07, 6.45) is 0.799. The van der Waals surface area contributed by atoms with Crippen LogP contribution in [0.1, 0.15) is 16.8 Å². The van der Waals surface area contributed by atoms with E-state index in [1.807, 2.05) is 43.3 Å². The molecule has 2 rings (SSSR count). The number of aromatic nitrogens is 2. The molecule has 0 aliphatic heterocycles. The highest BCUT2D eigenvalue weighted by Gasteiger charge is 2.07. The van der Waals surface area contributed by atoms with Crippen molar-refractivity contribution in [3.8, 4) is 0 Å². The quantitative estimate of drug-likeness (QED) is 0.795. The van der Waals surface area contributed by atoms with Crippen LogP contribution in [-0.4, -0.2) is 16.0 Å². The van der Waals surface area contributed by atoms with E-state index in [0.717, 1.165) is 15.0 Å². The average Bonchev–Trinajstić information content (AvgIpc) is 2.32. The molecule has 2 aromatic rings. The van der Waals surface area contributed by atoms with Gasteiger partial charge in [-0.3, -0.25) is 4.79 Å². The van der Waals surface area contributed by atoms with Gasteiger partial charge in [0.15, 0.2) is 0 Å². The van der Waals surface area contributed by atoms with Crippen LogP contribution in [0.15, 0.2) is 36.4 Å². The largest absolute Gasteiger partial charge is 0.299 e. The Morgan fingerprint density at radius 3 is 2.67 bits per heavy atom. The van der Waals surface area contributed by atoms with Crippen LogP contribution in [0, 0.1) is 10.6 Å². The Labute approximate surface area is 120 Å². The third kappa shape index (κ3) is 3.87. The second kappa shape index (κ2) is 6.04. The predicted octanol–water partition coefficient (Wildman–Crippen LogP) is 2.74. The lowest BCUT2D eigenvalue weighted by Crippen LogP contribution is -2.08. The van der Waals surface area contributed by atoms with E-state index in [1.165, 1.54) is 5.56 Å². The molecule has 1 aromatic heterocycles. The molecule has 1 heterocycles. The summed E-state index contributed by atoms with van der Waals surface area (Å²) in [6.45, 7) is 2.03. The third-order valence-corrected chi connectivity index (χ3v) is 3.12. The Balaban J connectivity index is 1.98. The third-order valence-electron chi connectivity index (χ3n) is 2.55. The molecule has 0 radical (unpaired) electrons. The highest BCUT2D eigenvalue weighted by Crippen LogP contribution is 2.07. The van der Waals surface area contributed by atoms with Crippen LogP contribution in [0.5, 0.6) is 0 Å². The first kappa shape index (κ1) is 13.1. The maximum Gasteiger partial charge on any atom is 0.143 e. The Morgan fingerprint density at radius 2 is 2.00 bits per heavy atom. The van der Waals surface area contributed by atoms with Crippen molar-refractivity contribution in [1.29, 1.82) is 0 Å². The summed E-state index contributed by atoms with van der Waals surface area (Å²) in [5.74, 6) is 0.163. The number of carbonyl (C=O) groups is 1. The number of aryl methyl sites for hydroxylation is 1. The molecule has 0 unspecified atom stereocenters. The SMILES string of the molecule is Cc1cccc(CC(=O)Cc2ccc(I)nn2)c1. The van der Waals surface area contributed by atoms with Gasteiger partial charge in [-0.2, -0.15) is 5.10 Å². The van der Waals surface area contributed by atoms with Gasteiger partial charge in [0.1, 0.15) is 9.48 Å². The number of hydrogen-bond acceptors (Lipinski definition) is 3. The van der Waals surface area contributed by atoms with Gasteiger partial charge in [0.25, 0.3) is 0 Å². The maximum absolute atomic E-state index is 11.9. The van der Waals surface area contributed by atoms with Gasteiger partial charge in [0, 0.05) is 6.42 Å². The molecule has 0 aliphatic rings. The second-order valence-electron chi connectivity index (χ2n) is 4.23. The number of hydrogen-bond donors (Lipinski definition) is 0. The zero-order valence-corrected chi connectivity index (χ0v) is 12.2. The number of halogens is 1. The van der Waals surface area contributed by atoms with E-state index >= 15 is 0 Å². The molecule has 3 nitrogen and oxygen atoms in total. The van der Waals surface area contributed by atoms with Crippen molar-refractivity contribution < 1.29 is 4.79 Å². The van der Waals surface area contributed by atoms with Gasteiger partial charge in [-0.15, -0.1) is 5.10 Å². The van der Waals surface area contributed by atoms with Gasteiger partial charge in [-0.1, -0.05) is 29.8 Å². The standard InChI is InChI=1S/C14H13IN2O/c1-10-3-2-4-11(7-10)8-13(18)9-12-5-6-14(15)17-16-12/h2-7H,8-9H2,1H3. The molecule has 18 heavy (non-hydrogen) atoms. The van der Waals surface area contributed by atoms with Crippen LogP contribution in [0.25, 0.3) is 0 Å². The Morgan fingerprint density at radius 1 is 1.17 bits per heavy atom. The Hall–Kier alpha value is -1.30. The van der Waals surface area contributed by atoms with E-state index in [1.54, 1.807) is 0 Å². The molecule has 0 bridgehead atoms. The molecule has 0 N–H and O–H groups in total. The van der Waals surface area contributed by atoms with Gasteiger partial charge in [0.05, 0.1) is 12.1 Å². The van der Waals surface area contributed by atoms with Gasteiger partial charge >= 0.3 is 0 Å². The minimum absolute atomic E-state index is 0.163. The monoisotopic (exact) mass is 352 g/mol. The van der Waals surface area contributed by atoms with Gasteiger partial charge in [-0.05, 0) is 47.2 Å². The van der Waals surface area contributed by atoms with Crippen molar-refractivity contribution in [3.63, 3.8) is 0 Å². The summed E-state index contributed by atoms with van der Waals surface area (Å²) in [5.41, 5.74) is 2.96. The first-order valence-corrected chi connectivity index (χ1v) is 6.77. The zero-order chi connectivity index (χ0) is 13.0. The van der Waals surface area contributed by atoms with E-state index in [9.17, 15) is 4.79 Å². The van der Waals surface area contributed by atoms with E-state index < -0.39 is 0 Å². The van der Waals surface area contributed by atoms with Gasteiger partial charge in [0.2, 0.25) is 0 Å². The van der Waals surface area contributed by atoms with Crippen LogP contribution in [0.3, 0.4) is 0 Å². The normalized spacial score (nSPS) is 10.3. The number of rotatable bonds is 4. The highest BCUT2D eigenvalue weighted by atomic mass is 127. The molecule has 1 aromatic carbocycles. The van der Waals surface area contributed by atoms with Crippen molar-refractivity contribution in [2.45, 2.75) is 19.8 Å². The minimum Gasteiger partial charge on any atom is -0.299 e. The lowest BCUT2D eigenvalue weighted by atomic mass is 10.0. The first-order valence-electron chi connectivity index (χ1n) is 5.69. The summed E-state index contributed by atoms with van der Waals surface area (Å²) >= 11 is 2.09. The van der Waals surface area contributed by atoms with Crippen LogP contribution >= 0.6 is 22.6 Å². The van der Waals surface area contributed by atoms with Crippen molar-refractivity contribution in [3.05, 3.63) is 56.9 Å². The summed E-state index contributed by atoms with van der Waals surface area (Å²) in [5, 5.41) is 7.94. The molecule has 0 saturated heterocycles. The molecule has 0 saturated carbocycles. The molecule has 0 fully saturated rings. The zero-order valence-electron chi connectivity index (χ0n) is 10.1. The van der Waals surface area contributed by atoms with Gasteiger partial charge in [-0.25, -0.2) is 0 Å². The smallest absolute Gasteiger partial charge is 0.143 e. The Kier molecular flexibility index (Phi) is 4.41. The van der Waals surface area contributed by atoms with Crippen LogP contribution in [-0.2, 0) is 17.6 Å². The fraction of sp³-hybridized carbons (Fsp3) is 0.214. The lowest BCUT2D eigenvalue weighted by Gasteiger charge is -2.02. The summed E-state index contributed by atoms with van der Waals surface area (Å²) in [7, 11) is 0. The minimum atomic E-state index is 0.163. The van der Waals surface area contributed by atoms with Crippen LogP contribution < -0.4 is 0 Å². The fourth-order valence-corrected chi connectivity index (χ4v) is 2.04. The first-order chi connectivity index (χ1) is 8.63. The fourth-order valence-electron chi connectivity index (χ4n) is 1.75. The molecule has 0 aliphatic carbocycles. The molecule has 0 amide bonds. The number of carbonyl (C=O) groups excluding carboxylic acids is 1. The van der Waals surface area contributed by atoms with Crippen molar-refractivity contribution in [2.75, 3.05) is 0 Å². The lowest BCUT2D eigenvalue weighted by molar-refractivity contribution is -0.117. The van der Waals surface area contributed by atoms with E-state index in [4.69, 9.17) is 0 Å². The van der Waals surface area contributed by atoms with Crippen molar-refractivity contribution >= 4 is 28.4 Å². The van der Waals surface area contributed by atoms with Crippen LogP contribution in [0.4, 0.5) is 0 Å². The highest BCUT2D eigenvalue weighted by molar-refractivity contribution is 14.1. The summed E-state index contributed by atoms with van der Waals surface area (Å²) in [6, 6.07) is 11.7. The Bertz CT molecular complexity index is 552. The number of benzene rings is 1. The summed E-state index contributed by atoms with van der Waals surface area (Å²) in [4.78, 5) is 11.9. The van der Waals surface area contributed by atoms with Crippen LogP contribution in [0.2, 0.25) is 0 Å². The second-order valence-corrected chi connectivity index (χ2v) is 5.33. The molecule has 0 atom stereocenters. The number of ketones is 1. The topological polar surface area (TPSA) is 42.9 Å². The number of Topliss-reactive ketones (excluding diaryl/α,β-unsaturated/α-hetero) is 1. The molecular weight excluding hydrogens is 339 g/mol. The van der Waals surface area contributed by atoms with Gasteiger partial charge < -0.3 is 0 Å². The number of nitrogens with zero attached hydrogens (tertiary/aromatic N) is 2. The van der Waals surface area contributed by atoms with Crippen molar-refractivity contribution in [2.24, 2.45) is 0 Å². The summed E-state index contributed by atoms with van der Waals surface area (Å²) < 4.78 is 0.836. The van der Waals surface area contributed by atoms with E-state index in [2.05, 4.69) is 32.8 Å². The van der Waals surface area contributed by atoms with E-state index in [0.29, 0.717) is 12.8 Å².